The summed E-state index contributed by atoms with van der Waals surface area (Å²) < 4.78 is 7.66. The summed E-state index contributed by atoms with van der Waals surface area (Å²) >= 11 is 0. The third-order valence-electron chi connectivity index (χ3n) is 4.06. The molecule has 5 nitrogen and oxygen atoms in total. The quantitative estimate of drug-likeness (QED) is 0.888. The highest BCUT2D eigenvalue weighted by Crippen LogP contribution is 2.47. The van der Waals surface area contributed by atoms with Crippen LogP contribution in [0.5, 0.6) is 0 Å². The standard InChI is InChI=1S/C16H23N3O2/c1-10(2)8-19-16(17-9-18-19)7-13(20)15-5-4-14(21-15)12-6-11(12)3/h4-5,9-13,20H,6-8H2,1-3H3. The van der Waals surface area contributed by atoms with Crippen LogP contribution in [-0.4, -0.2) is 19.9 Å². The van der Waals surface area contributed by atoms with Gasteiger partial charge in [-0.15, -0.1) is 0 Å². The van der Waals surface area contributed by atoms with Crippen LogP contribution in [0.4, 0.5) is 0 Å². The second-order valence-corrected chi connectivity index (χ2v) is 6.53. The van der Waals surface area contributed by atoms with Crippen LogP contribution in [0.3, 0.4) is 0 Å². The Hall–Kier alpha value is -1.62. The van der Waals surface area contributed by atoms with Gasteiger partial charge in [-0.3, -0.25) is 0 Å². The highest BCUT2D eigenvalue weighted by atomic mass is 16.4. The van der Waals surface area contributed by atoms with Crippen LogP contribution in [0, 0.1) is 11.8 Å². The summed E-state index contributed by atoms with van der Waals surface area (Å²) in [5.74, 6) is 4.16. The second kappa shape index (κ2) is 5.64. The van der Waals surface area contributed by atoms with Crippen molar-refractivity contribution in [3.63, 3.8) is 0 Å². The monoisotopic (exact) mass is 289 g/mol. The van der Waals surface area contributed by atoms with Crippen molar-refractivity contribution >= 4 is 0 Å². The fourth-order valence-electron chi connectivity index (χ4n) is 2.68. The maximum Gasteiger partial charge on any atom is 0.138 e. The number of hydrogen-bond donors (Lipinski definition) is 1. The zero-order valence-corrected chi connectivity index (χ0v) is 12.9. The Kier molecular flexibility index (Phi) is 3.85. The van der Waals surface area contributed by atoms with E-state index in [2.05, 4.69) is 30.9 Å². The lowest BCUT2D eigenvalue weighted by molar-refractivity contribution is 0.144. The number of nitrogens with zero attached hydrogens (tertiary/aromatic N) is 3. The topological polar surface area (TPSA) is 64.1 Å². The van der Waals surface area contributed by atoms with Gasteiger partial charge in [-0.05, 0) is 30.4 Å². The number of aromatic nitrogens is 3. The lowest BCUT2D eigenvalue weighted by Gasteiger charge is -2.11. The van der Waals surface area contributed by atoms with E-state index in [9.17, 15) is 5.11 Å². The van der Waals surface area contributed by atoms with E-state index < -0.39 is 6.10 Å². The lowest BCUT2D eigenvalue weighted by atomic mass is 10.2. The summed E-state index contributed by atoms with van der Waals surface area (Å²) in [6.45, 7) is 7.30. The third-order valence-corrected chi connectivity index (χ3v) is 4.06. The molecule has 0 aliphatic heterocycles. The molecule has 5 heteroatoms. The Labute approximate surface area is 125 Å². The van der Waals surface area contributed by atoms with Gasteiger partial charge in [0.1, 0.15) is 29.8 Å². The molecule has 0 radical (unpaired) electrons. The van der Waals surface area contributed by atoms with Gasteiger partial charge in [0.15, 0.2) is 0 Å². The summed E-state index contributed by atoms with van der Waals surface area (Å²) in [6, 6.07) is 3.87. The van der Waals surface area contributed by atoms with Crippen molar-refractivity contribution in [1.29, 1.82) is 0 Å². The van der Waals surface area contributed by atoms with Crippen molar-refractivity contribution in [2.75, 3.05) is 0 Å². The van der Waals surface area contributed by atoms with Gasteiger partial charge < -0.3 is 9.52 Å². The summed E-state index contributed by atoms with van der Waals surface area (Å²) in [4.78, 5) is 4.25. The minimum atomic E-state index is -0.664. The average molecular weight is 289 g/mol. The molecule has 2 aromatic heterocycles. The third kappa shape index (κ3) is 3.18. The summed E-state index contributed by atoms with van der Waals surface area (Å²) in [5, 5.41) is 14.6. The number of furan rings is 1. The largest absolute Gasteiger partial charge is 0.463 e. The first-order valence-corrected chi connectivity index (χ1v) is 7.69. The maximum atomic E-state index is 10.4. The van der Waals surface area contributed by atoms with E-state index in [1.807, 2.05) is 16.8 Å². The van der Waals surface area contributed by atoms with Crippen LogP contribution in [0.25, 0.3) is 0 Å². The smallest absolute Gasteiger partial charge is 0.138 e. The molecule has 1 aliphatic rings. The van der Waals surface area contributed by atoms with E-state index in [4.69, 9.17) is 4.42 Å². The Morgan fingerprint density at radius 3 is 2.86 bits per heavy atom. The Bertz CT molecular complexity index is 602. The van der Waals surface area contributed by atoms with E-state index in [-0.39, 0.29) is 0 Å². The van der Waals surface area contributed by atoms with Crippen LogP contribution in [0.2, 0.25) is 0 Å². The van der Waals surface area contributed by atoms with Crippen LogP contribution < -0.4 is 0 Å². The number of aliphatic hydroxyl groups is 1. The first kappa shape index (κ1) is 14.3. The molecule has 0 amide bonds. The number of aliphatic hydroxyl groups excluding tert-OH is 1. The molecule has 2 aromatic rings. The first-order chi connectivity index (χ1) is 10.0. The van der Waals surface area contributed by atoms with E-state index in [0.29, 0.717) is 29.9 Å². The lowest BCUT2D eigenvalue weighted by Crippen LogP contribution is -2.13. The molecule has 1 aliphatic carbocycles. The highest BCUT2D eigenvalue weighted by Gasteiger charge is 2.37. The molecule has 21 heavy (non-hydrogen) atoms. The first-order valence-electron chi connectivity index (χ1n) is 7.69. The SMILES string of the molecule is CC(C)Cn1ncnc1CC(O)c1ccc(C2CC2C)o1. The molecule has 3 atom stereocenters. The highest BCUT2D eigenvalue weighted by molar-refractivity contribution is 5.19. The number of rotatable bonds is 6. The fraction of sp³-hybridized carbons (Fsp3) is 0.625. The molecule has 0 bridgehead atoms. The zero-order chi connectivity index (χ0) is 15.0. The molecule has 0 spiro atoms. The fourth-order valence-corrected chi connectivity index (χ4v) is 2.68. The van der Waals surface area contributed by atoms with Crippen molar-refractivity contribution in [3.05, 3.63) is 35.8 Å². The molecule has 1 fully saturated rings. The minimum absolute atomic E-state index is 0.430. The van der Waals surface area contributed by atoms with Gasteiger partial charge in [0.2, 0.25) is 0 Å². The van der Waals surface area contributed by atoms with Crippen molar-refractivity contribution in [3.8, 4) is 0 Å². The van der Waals surface area contributed by atoms with Crippen molar-refractivity contribution in [2.24, 2.45) is 11.8 Å². The predicted octanol–water partition coefficient (Wildman–Crippen LogP) is 2.93. The summed E-state index contributed by atoms with van der Waals surface area (Å²) in [6.07, 6.45) is 2.50. The van der Waals surface area contributed by atoms with Crippen molar-refractivity contribution in [2.45, 2.75) is 52.2 Å². The maximum absolute atomic E-state index is 10.4. The van der Waals surface area contributed by atoms with Crippen LogP contribution in [0.1, 0.15) is 56.6 Å². The molecular formula is C16H23N3O2. The molecule has 1 N–H and O–H groups in total. The molecule has 3 rings (SSSR count). The van der Waals surface area contributed by atoms with E-state index >= 15 is 0 Å². The van der Waals surface area contributed by atoms with E-state index in [0.717, 1.165) is 18.1 Å². The van der Waals surface area contributed by atoms with Crippen LogP contribution in [-0.2, 0) is 13.0 Å². The van der Waals surface area contributed by atoms with Crippen LogP contribution in [0.15, 0.2) is 22.9 Å². The average Bonchev–Trinajstić information content (AvgIpc) is 2.85. The van der Waals surface area contributed by atoms with Gasteiger partial charge in [-0.1, -0.05) is 20.8 Å². The molecule has 114 valence electrons. The van der Waals surface area contributed by atoms with E-state index in [1.54, 1.807) is 6.33 Å². The van der Waals surface area contributed by atoms with Crippen LogP contribution >= 0.6 is 0 Å². The van der Waals surface area contributed by atoms with Gasteiger partial charge in [-0.25, -0.2) is 9.67 Å². The zero-order valence-electron chi connectivity index (χ0n) is 12.9. The molecule has 2 heterocycles. The Morgan fingerprint density at radius 1 is 1.43 bits per heavy atom. The van der Waals surface area contributed by atoms with Gasteiger partial charge in [0.05, 0.1) is 0 Å². The predicted molar refractivity (Wildman–Crippen MR) is 78.8 cm³/mol. The van der Waals surface area contributed by atoms with Gasteiger partial charge >= 0.3 is 0 Å². The molecule has 1 saturated carbocycles. The Balaban J connectivity index is 1.67. The molecule has 0 saturated heterocycles. The van der Waals surface area contributed by atoms with Crippen molar-refractivity contribution < 1.29 is 9.52 Å². The van der Waals surface area contributed by atoms with Gasteiger partial charge in [0, 0.05) is 18.9 Å². The molecule has 0 aromatic carbocycles. The minimum Gasteiger partial charge on any atom is -0.463 e. The summed E-state index contributed by atoms with van der Waals surface area (Å²) in [5.41, 5.74) is 0. The molecule has 3 unspecified atom stereocenters. The Morgan fingerprint density at radius 2 is 2.19 bits per heavy atom. The van der Waals surface area contributed by atoms with E-state index in [1.165, 1.54) is 6.42 Å². The van der Waals surface area contributed by atoms with Gasteiger partial charge in [-0.2, -0.15) is 5.10 Å². The molecular weight excluding hydrogens is 266 g/mol. The van der Waals surface area contributed by atoms with Gasteiger partial charge in [0.25, 0.3) is 0 Å². The normalized spacial score (nSPS) is 22.7. The number of hydrogen-bond acceptors (Lipinski definition) is 4. The summed E-state index contributed by atoms with van der Waals surface area (Å²) in [7, 11) is 0. The second-order valence-electron chi connectivity index (χ2n) is 6.53. The van der Waals surface area contributed by atoms with Crippen molar-refractivity contribution in [1.82, 2.24) is 14.8 Å².